The fourth-order valence-corrected chi connectivity index (χ4v) is 7.48. The number of piperidine rings is 1. The lowest BCUT2D eigenvalue weighted by Crippen LogP contribution is -2.61. The molecule has 276 valence electrons. The highest BCUT2D eigenvalue weighted by atomic mass is 35.5. The second-order valence-corrected chi connectivity index (χ2v) is 17.8. The fraction of sp³-hybridized carbons (Fsp3) is 0.667. The molecule has 2 aliphatic carbocycles. The number of carbonyl (C=O) groups excluding carboxylic acids is 6. The van der Waals surface area contributed by atoms with Crippen LogP contribution in [0.4, 0.5) is 4.79 Å². The zero-order valence-corrected chi connectivity index (χ0v) is 31.7. The van der Waals surface area contributed by atoms with Crippen molar-refractivity contribution in [2.24, 2.45) is 23.2 Å². The largest absolute Gasteiger partial charge is 0.444 e. The number of benzene rings is 1. The van der Waals surface area contributed by atoms with Gasteiger partial charge in [-0.05, 0) is 57.9 Å². The molecule has 0 aromatic heterocycles. The SMILES string of the molecule is CC(C)(C)OC(=O)N[C@H](C(=O)N1C[C@H]2[C@@H]([C@H]1C(=O)NC(CC1CCC1)C(=O)C(=O)NCC(=O)NC(C)(C)c1ccccc1)C2(Cl)Cl)C(C)(C)C. The summed E-state index contributed by atoms with van der Waals surface area (Å²) in [5.74, 6) is -4.51. The van der Waals surface area contributed by atoms with Crippen molar-refractivity contribution in [2.75, 3.05) is 13.1 Å². The van der Waals surface area contributed by atoms with E-state index in [4.69, 9.17) is 27.9 Å². The van der Waals surface area contributed by atoms with Gasteiger partial charge >= 0.3 is 6.09 Å². The van der Waals surface area contributed by atoms with Gasteiger partial charge in [0.1, 0.15) is 22.0 Å². The first-order chi connectivity index (χ1) is 23.0. The summed E-state index contributed by atoms with van der Waals surface area (Å²) >= 11 is 13.1. The van der Waals surface area contributed by atoms with E-state index in [2.05, 4.69) is 21.3 Å². The molecule has 0 radical (unpaired) electrons. The minimum Gasteiger partial charge on any atom is -0.444 e. The summed E-state index contributed by atoms with van der Waals surface area (Å²) < 4.78 is 4.14. The van der Waals surface area contributed by atoms with Crippen LogP contribution < -0.4 is 21.3 Å². The van der Waals surface area contributed by atoms with Crippen LogP contribution in [0.5, 0.6) is 0 Å². The Kier molecular flexibility index (Phi) is 11.6. The summed E-state index contributed by atoms with van der Waals surface area (Å²) in [7, 11) is 0. The molecule has 4 N–H and O–H groups in total. The standard InChI is InChI=1S/C36H51Cl2N5O7/c1-33(2,3)28(41-32(49)50-34(4,5)6)31(48)43-19-22-25(36(22,37)38)26(43)29(46)40-23(17-20-13-12-14-20)27(45)30(47)39-18-24(44)42-35(7,8)21-15-10-9-11-16-21/h9-11,15-16,20,22-23,25-26,28H,12-14,17-19H2,1-8H3,(H,39,47)(H,40,46)(H,41,49)(H,42,44)/t22-,23?,25-,26-,28+/m0/s1. The van der Waals surface area contributed by atoms with E-state index in [9.17, 15) is 28.8 Å². The van der Waals surface area contributed by atoms with Crippen molar-refractivity contribution in [3.05, 3.63) is 35.9 Å². The van der Waals surface area contributed by atoms with Gasteiger partial charge in [-0.3, -0.25) is 24.0 Å². The van der Waals surface area contributed by atoms with Gasteiger partial charge in [-0.25, -0.2) is 4.79 Å². The molecule has 1 saturated heterocycles. The number of hydrogen-bond donors (Lipinski definition) is 4. The van der Waals surface area contributed by atoms with Crippen molar-refractivity contribution in [1.29, 1.82) is 0 Å². The smallest absolute Gasteiger partial charge is 0.408 e. The first-order valence-corrected chi connectivity index (χ1v) is 18.0. The number of ketones is 1. The van der Waals surface area contributed by atoms with E-state index in [1.807, 2.05) is 44.2 Å². The third-order valence-electron chi connectivity index (χ3n) is 9.67. The molecular weight excluding hydrogens is 685 g/mol. The molecule has 1 aromatic rings. The van der Waals surface area contributed by atoms with E-state index in [-0.39, 0.29) is 18.9 Å². The van der Waals surface area contributed by atoms with E-state index >= 15 is 0 Å². The van der Waals surface area contributed by atoms with Crippen LogP contribution in [0.25, 0.3) is 0 Å². The monoisotopic (exact) mass is 735 g/mol. The fourth-order valence-electron chi connectivity index (χ4n) is 6.65. The summed E-state index contributed by atoms with van der Waals surface area (Å²) in [5.41, 5.74) is -1.44. The second kappa shape index (κ2) is 14.7. The summed E-state index contributed by atoms with van der Waals surface area (Å²) in [6, 6.07) is 5.90. The Labute approximate surface area is 304 Å². The van der Waals surface area contributed by atoms with Crippen molar-refractivity contribution in [2.45, 2.75) is 115 Å². The first-order valence-electron chi connectivity index (χ1n) is 17.2. The second-order valence-electron chi connectivity index (χ2n) is 16.4. The number of halogens is 2. The highest BCUT2D eigenvalue weighted by Gasteiger charge is 2.74. The number of Topliss-reactive ketones (excluding diaryl/α,β-unsaturated/α-hetero) is 1. The Morgan fingerprint density at radius 2 is 1.56 bits per heavy atom. The number of rotatable bonds is 12. The van der Waals surface area contributed by atoms with Gasteiger partial charge < -0.3 is 30.9 Å². The summed E-state index contributed by atoms with van der Waals surface area (Å²) in [6.45, 7) is 13.7. The molecule has 2 saturated carbocycles. The number of carbonyl (C=O) groups is 6. The highest BCUT2D eigenvalue weighted by Crippen LogP contribution is 2.65. The lowest BCUT2D eigenvalue weighted by Gasteiger charge is -2.38. The van der Waals surface area contributed by atoms with E-state index in [1.165, 1.54) is 4.90 Å². The predicted molar refractivity (Wildman–Crippen MR) is 189 cm³/mol. The molecule has 1 aromatic carbocycles. The van der Waals surface area contributed by atoms with Gasteiger partial charge in [0, 0.05) is 18.4 Å². The average molecular weight is 737 g/mol. The van der Waals surface area contributed by atoms with Crippen LogP contribution in [0.2, 0.25) is 0 Å². The van der Waals surface area contributed by atoms with Crippen LogP contribution in [-0.4, -0.2) is 81.6 Å². The number of likely N-dealkylation sites (tertiary alicyclic amines) is 1. The number of nitrogens with one attached hydrogen (secondary N) is 4. The molecule has 14 heteroatoms. The summed E-state index contributed by atoms with van der Waals surface area (Å²) in [6.07, 6.45) is 2.09. The molecule has 5 amide bonds. The third kappa shape index (κ3) is 9.29. The Morgan fingerprint density at radius 3 is 2.10 bits per heavy atom. The molecule has 0 bridgehead atoms. The molecule has 1 heterocycles. The molecule has 1 aliphatic heterocycles. The zero-order chi connectivity index (χ0) is 37.4. The number of alkyl halides is 2. The molecule has 3 fully saturated rings. The minimum absolute atomic E-state index is 0.0628. The topological polar surface area (TPSA) is 163 Å². The van der Waals surface area contributed by atoms with Crippen LogP contribution in [0, 0.1) is 23.2 Å². The molecular formula is C36H51Cl2N5O7. The number of hydrogen-bond acceptors (Lipinski definition) is 7. The Balaban J connectivity index is 1.47. The van der Waals surface area contributed by atoms with Crippen LogP contribution in [0.15, 0.2) is 30.3 Å². The van der Waals surface area contributed by atoms with E-state index in [0.717, 1.165) is 24.8 Å². The third-order valence-corrected chi connectivity index (χ3v) is 10.7. The quantitative estimate of drug-likeness (QED) is 0.187. The van der Waals surface area contributed by atoms with Crippen LogP contribution in [-0.2, 0) is 34.2 Å². The number of amides is 5. The molecule has 0 spiro atoms. The maximum Gasteiger partial charge on any atom is 0.408 e. The van der Waals surface area contributed by atoms with E-state index in [0.29, 0.717) is 0 Å². The number of fused-ring (bicyclic) bond motifs is 1. The van der Waals surface area contributed by atoms with Crippen LogP contribution >= 0.6 is 23.2 Å². The Morgan fingerprint density at radius 1 is 0.940 bits per heavy atom. The molecule has 12 nitrogen and oxygen atoms in total. The van der Waals surface area contributed by atoms with Crippen molar-refractivity contribution < 1.29 is 33.5 Å². The number of ether oxygens (including phenoxy) is 1. The summed E-state index contributed by atoms with van der Waals surface area (Å²) in [5, 5.41) is 10.7. The molecule has 4 rings (SSSR count). The lowest BCUT2D eigenvalue weighted by molar-refractivity contribution is -0.145. The lowest BCUT2D eigenvalue weighted by atomic mass is 9.80. The Bertz CT molecular complexity index is 1480. The van der Waals surface area contributed by atoms with Crippen LogP contribution in [0.1, 0.15) is 86.6 Å². The van der Waals surface area contributed by atoms with Crippen molar-refractivity contribution in [3.8, 4) is 0 Å². The van der Waals surface area contributed by atoms with E-state index in [1.54, 1.807) is 41.5 Å². The van der Waals surface area contributed by atoms with Crippen molar-refractivity contribution >= 4 is 58.7 Å². The summed E-state index contributed by atoms with van der Waals surface area (Å²) in [4.78, 5) is 81.7. The zero-order valence-electron chi connectivity index (χ0n) is 30.2. The number of nitrogens with zero attached hydrogens (tertiary/aromatic N) is 1. The van der Waals surface area contributed by atoms with Gasteiger partial charge in [-0.1, -0.05) is 70.4 Å². The van der Waals surface area contributed by atoms with Gasteiger partial charge in [0.05, 0.1) is 18.1 Å². The van der Waals surface area contributed by atoms with Gasteiger partial charge in [-0.15, -0.1) is 23.2 Å². The number of alkyl carbamates (subject to hydrolysis) is 1. The van der Waals surface area contributed by atoms with Gasteiger partial charge in [-0.2, -0.15) is 0 Å². The van der Waals surface area contributed by atoms with Crippen molar-refractivity contribution in [1.82, 2.24) is 26.2 Å². The maximum absolute atomic E-state index is 14.1. The molecule has 5 atom stereocenters. The van der Waals surface area contributed by atoms with E-state index < -0.39 is 92.9 Å². The van der Waals surface area contributed by atoms with Crippen molar-refractivity contribution in [3.63, 3.8) is 0 Å². The van der Waals surface area contributed by atoms with Gasteiger partial charge in [0.2, 0.25) is 23.5 Å². The maximum atomic E-state index is 14.1. The molecule has 1 unspecified atom stereocenters. The highest BCUT2D eigenvalue weighted by molar-refractivity contribution is 6.51. The minimum atomic E-state index is -1.26. The molecule has 50 heavy (non-hydrogen) atoms. The molecule has 3 aliphatic rings. The average Bonchev–Trinajstić information content (AvgIpc) is 3.29. The predicted octanol–water partition coefficient (Wildman–Crippen LogP) is 3.97. The van der Waals surface area contributed by atoms with Gasteiger partial charge in [0.15, 0.2) is 0 Å². The first kappa shape index (κ1) is 39.4. The normalized spacial score (nSPS) is 22.6. The van der Waals surface area contributed by atoms with Crippen LogP contribution in [0.3, 0.4) is 0 Å². The van der Waals surface area contributed by atoms with Gasteiger partial charge in [0.25, 0.3) is 5.91 Å². The Hall–Kier alpha value is -3.38.